The summed E-state index contributed by atoms with van der Waals surface area (Å²) in [4.78, 5) is 7.99. The number of nitrogens with zero attached hydrogens (tertiary/aromatic N) is 2. The Morgan fingerprint density at radius 3 is 2.65 bits per heavy atom. The summed E-state index contributed by atoms with van der Waals surface area (Å²) in [5.74, 6) is 0.490. The Balaban J connectivity index is 2.25. The fourth-order valence-electron chi connectivity index (χ4n) is 1.22. The fourth-order valence-corrected chi connectivity index (χ4v) is 1.43. The molecule has 0 saturated heterocycles. The van der Waals surface area contributed by atoms with Crippen LogP contribution in [0, 0.1) is 5.82 Å². The number of methoxy groups -OCH3 is 1. The van der Waals surface area contributed by atoms with Gasteiger partial charge in [0.25, 0.3) is 0 Å². The summed E-state index contributed by atoms with van der Waals surface area (Å²) in [5, 5.41) is 2.78. The van der Waals surface area contributed by atoms with Gasteiger partial charge in [-0.15, -0.1) is 0 Å². The van der Waals surface area contributed by atoms with Crippen molar-refractivity contribution in [2.24, 2.45) is 0 Å². The first-order chi connectivity index (χ1) is 8.19. The average Bonchev–Trinajstić information content (AvgIpc) is 2.35. The van der Waals surface area contributed by atoms with Crippen molar-refractivity contribution in [3.63, 3.8) is 0 Å². The van der Waals surface area contributed by atoms with E-state index in [0.29, 0.717) is 11.7 Å². The molecule has 1 aromatic carbocycles. The minimum Gasteiger partial charge on any atom is -0.497 e. The summed E-state index contributed by atoms with van der Waals surface area (Å²) in [7, 11) is 1.52. The molecule has 0 spiro atoms. The highest BCUT2D eigenvalue weighted by molar-refractivity contribution is 9.10. The van der Waals surface area contributed by atoms with E-state index in [0.717, 1.165) is 4.47 Å². The molecule has 0 bridgehead atoms. The number of rotatable bonds is 3. The van der Waals surface area contributed by atoms with E-state index in [2.05, 4.69) is 31.2 Å². The predicted octanol–water partition coefficient (Wildman–Crippen LogP) is 3.13. The van der Waals surface area contributed by atoms with E-state index in [9.17, 15) is 4.39 Å². The van der Waals surface area contributed by atoms with Crippen LogP contribution in [0.3, 0.4) is 0 Å². The van der Waals surface area contributed by atoms with Gasteiger partial charge in [0.2, 0.25) is 5.95 Å². The van der Waals surface area contributed by atoms with Crippen molar-refractivity contribution in [2.45, 2.75) is 0 Å². The van der Waals surface area contributed by atoms with Gasteiger partial charge in [0.05, 0.1) is 17.3 Å². The van der Waals surface area contributed by atoms with Crippen molar-refractivity contribution in [1.29, 1.82) is 0 Å². The molecular formula is C11H9BrFN3O. The smallest absolute Gasteiger partial charge is 0.227 e. The molecule has 0 aliphatic carbocycles. The molecule has 2 aromatic rings. The van der Waals surface area contributed by atoms with Gasteiger partial charge in [0.1, 0.15) is 11.6 Å². The highest BCUT2D eigenvalue weighted by Crippen LogP contribution is 2.23. The third kappa shape index (κ3) is 2.91. The van der Waals surface area contributed by atoms with Crippen molar-refractivity contribution in [2.75, 3.05) is 12.4 Å². The second kappa shape index (κ2) is 5.09. The summed E-state index contributed by atoms with van der Waals surface area (Å²) >= 11 is 3.22. The van der Waals surface area contributed by atoms with Crippen LogP contribution in [0.4, 0.5) is 16.0 Å². The topological polar surface area (TPSA) is 47.0 Å². The van der Waals surface area contributed by atoms with Crippen LogP contribution in [0.2, 0.25) is 0 Å². The second-order valence-corrected chi connectivity index (χ2v) is 4.11. The number of hydrogen-bond donors (Lipinski definition) is 1. The van der Waals surface area contributed by atoms with Crippen LogP contribution >= 0.6 is 15.9 Å². The molecule has 2 rings (SSSR count). The second-order valence-electron chi connectivity index (χ2n) is 3.20. The van der Waals surface area contributed by atoms with E-state index >= 15 is 0 Å². The predicted molar refractivity (Wildman–Crippen MR) is 66.0 cm³/mol. The zero-order chi connectivity index (χ0) is 12.3. The van der Waals surface area contributed by atoms with E-state index in [4.69, 9.17) is 4.74 Å². The monoisotopic (exact) mass is 297 g/mol. The number of aromatic nitrogens is 2. The molecule has 0 amide bonds. The van der Waals surface area contributed by atoms with Gasteiger partial charge in [-0.25, -0.2) is 14.4 Å². The Morgan fingerprint density at radius 1 is 1.29 bits per heavy atom. The third-order valence-electron chi connectivity index (χ3n) is 2.04. The van der Waals surface area contributed by atoms with Crippen LogP contribution in [0.5, 0.6) is 5.75 Å². The Labute approximate surface area is 106 Å². The number of benzene rings is 1. The first kappa shape index (κ1) is 11.8. The Bertz CT molecular complexity index is 519. The van der Waals surface area contributed by atoms with Crippen molar-refractivity contribution >= 4 is 27.6 Å². The number of anilines is 2. The van der Waals surface area contributed by atoms with E-state index in [1.54, 1.807) is 24.5 Å². The van der Waals surface area contributed by atoms with Gasteiger partial charge in [0, 0.05) is 18.5 Å². The normalized spacial score (nSPS) is 10.1. The molecule has 1 N–H and O–H groups in total. The Hall–Kier alpha value is -1.69. The Kier molecular flexibility index (Phi) is 3.53. The lowest BCUT2D eigenvalue weighted by Crippen LogP contribution is -1.99. The van der Waals surface area contributed by atoms with E-state index in [1.165, 1.54) is 13.2 Å². The van der Waals surface area contributed by atoms with Crippen LogP contribution in [0.15, 0.2) is 35.1 Å². The van der Waals surface area contributed by atoms with Gasteiger partial charge in [-0.05, 0) is 28.1 Å². The molecule has 0 radical (unpaired) electrons. The average molecular weight is 298 g/mol. The molecule has 0 atom stereocenters. The molecular weight excluding hydrogens is 289 g/mol. The molecule has 0 aliphatic rings. The molecule has 0 saturated carbocycles. The summed E-state index contributed by atoms with van der Waals surface area (Å²) in [6, 6.07) is 4.41. The largest absolute Gasteiger partial charge is 0.497 e. The van der Waals surface area contributed by atoms with Crippen LogP contribution in [-0.4, -0.2) is 17.1 Å². The minimum absolute atomic E-state index is 0.270. The lowest BCUT2D eigenvalue weighted by atomic mass is 10.3. The maximum absolute atomic E-state index is 13.5. The van der Waals surface area contributed by atoms with Crippen LogP contribution < -0.4 is 10.1 Å². The van der Waals surface area contributed by atoms with Crippen LogP contribution in [0.25, 0.3) is 0 Å². The number of ether oxygens (including phenoxy) is 1. The molecule has 0 fully saturated rings. The lowest BCUT2D eigenvalue weighted by Gasteiger charge is -2.07. The zero-order valence-electron chi connectivity index (χ0n) is 8.95. The standard InChI is InChI=1S/C11H9BrFN3O/c1-17-8-2-3-9(13)10(4-8)16-11-14-5-7(12)6-15-11/h2-6H,1H3,(H,14,15,16). The van der Waals surface area contributed by atoms with Crippen molar-refractivity contribution in [3.05, 3.63) is 40.9 Å². The molecule has 1 aromatic heterocycles. The van der Waals surface area contributed by atoms with Gasteiger partial charge in [0.15, 0.2) is 0 Å². The molecule has 88 valence electrons. The summed E-state index contributed by atoms with van der Waals surface area (Å²) < 4.78 is 19.3. The SMILES string of the molecule is COc1ccc(F)c(Nc2ncc(Br)cn2)c1. The molecule has 4 nitrogen and oxygen atoms in total. The maximum atomic E-state index is 13.5. The van der Waals surface area contributed by atoms with Crippen molar-refractivity contribution in [3.8, 4) is 5.75 Å². The maximum Gasteiger partial charge on any atom is 0.227 e. The molecule has 0 aliphatic heterocycles. The summed E-state index contributed by atoms with van der Waals surface area (Å²) in [6.45, 7) is 0. The highest BCUT2D eigenvalue weighted by atomic mass is 79.9. The first-order valence-electron chi connectivity index (χ1n) is 4.77. The zero-order valence-corrected chi connectivity index (χ0v) is 10.5. The van der Waals surface area contributed by atoms with Crippen LogP contribution in [-0.2, 0) is 0 Å². The molecule has 1 heterocycles. The molecule has 0 unspecified atom stereocenters. The van der Waals surface area contributed by atoms with Crippen molar-refractivity contribution < 1.29 is 9.13 Å². The van der Waals surface area contributed by atoms with Gasteiger partial charge >= 0.3 is 0 Å². The fraction of sp³-hybridized carbons (Fsp3) is 0.0909. The number of nitrogens with one attached hydrogen (secondary N) is 1. The summed E-state index contributed by atoms with van der Waals surface area (Å²) in [5.41, 5.74) is 0.270. The minimum atomic E-state index is -0.391. The number of hydrogen-bond acceptors (Lipinski definition) is 4. The van der Waals surface area contributed by atoms with Gasteiger partial charge in [-0.2, -0.15) is 0 Å². The van der Waals surface area contributed by atoms with Gasteiger partial charge in [-0.3, -0.25) is 0 Å². The van der Waals surface area contributed by atoms with E-state index in [1.807, 2.05) is 0 Å². The Morgan fingerprint density at radius 2 is 2.00 bits per heavy atom. The van der Waals surface area contributed by atoms with E-state index < -0.39 is 5.82 Å². The quantitative estimate of drug-likeness (QED) is 0.945. The highest BCUT2D eigenvalue weighted by Gasteiger charge is 2.05. The van der Waals surface area contributed by atoms with E-state index in [-0.39, 0.29) is 5.69 Å². The lowest BCUT2D eigenvalue weighted by molar-refractivity contribution is 0.414. The third-order valence-corrected chi connectivity index (χ3v) is 2.45. The van der Waals surface area contributed by atoms with Gasteiger partial charge < -0.3 is 10.1 Å². The number of halogens is 2. The van der Waals surface area contributed by atoms with Crippen molar-refractivity contribution in [1.82, 2.24) is 9.97 Å². The van der Waals surface area contributed by atoms with Crippen LogP contribution in [0.1, 0.15) is 0 Å². The first-order valence-corrected chi connectivity index (χ1v) is 5.56. The van der Waals surface area contributed by atoms with Gasteiger partial charge in [-0.1, -0.05) is 0 Å². The summed E-state index contributed by atoms with van der Waals surface area (Å²) in [6.07, 6.45) is 3.15. The molecule has 17 heavy (non-hydrogen) atoms. The molecule has 6 heteroatoms.